The first-order chi connectivity index (χ1) is 19.3. The van der Waals surface area contributed by atoms with Crippen molar-refractivity contribution in [3.8, 4) is 18.1 Å². The van der Waals surface area contributed by atoms with E-state index in [1.807, 2.05) is 0 Å². The average Bonchev–Trinajstić information content (AvgIpc) is 3.75. The van der Waals surface area contributed by atoms with Gasteiger partial charge in [-0.3, -0.25) is 9.59 Å². The van der Waals surface area contributed by atoms with Crippen molar-refractivity contribution in [2.24, 2.45) is 0 Å². The van der Waals surface area contributed by atoms with E-state index in [1.54, 1.807) is 19.2 Å². The predicted octanol–water partition coefficient (Wildman–Crippen LogP) is 3.47. The molecule has 2 aromatic carbocycles. The lowest BCUT2D eigenvalue weighted by Gasteiger charge is -2.31. The Bertz CT molecular complexity index is 1240. The number of amides is 2. The Morgan fingerprint density at radius 3 is 2.75 bits per heavy atom. The zero-order valence-corrected chi connectivity index (χ0v) is 23.4. The van der Waals surface area contributed by atoms with Crippen LogP contribution in [0.1, 0.15) is 62.1 Å². The van der Waals surface area contributed by atoms with E-state index >= 15 is 0 Å². The SMILES string of the molecule is C#CCC1C(=O)NC(C(O)CNC2(c3cccc(CC)c3)CC2)Cc2ccc(c(F)c2)OCCCCC(=O)N1C. The van der Waals surface area contributed by atoms with E-state index in [0.717, 1.165) is 19.3 Å². The van der Waals surface area contributed by atoms with Crippen LogP contribution in [0.4, 0.5) is 4.39 Å². The molecule has 2 amide bonds. The van der Waals surface area contributed by atoms with E-state index in [-0.39, 0.29) is 49.6 Å². The maximum atomic E-state index is 14.8. The van der Waals surface area contributed by atoms with Crippen LogP contribution in [-0.2, 0) is 28.0 Å². The maximum Gasteiger partial charge on any atom is 0.244 e. The zero-order valence-electron chi connectivity index (χ0n) is 23.4. The second-order valence-electron chi connectivity index (χ2n) is 10.9. The zero-order chi connectivity index (χ0) is 28.7. The molecule has 3 aliphatic rings. The first-order valence-corrected chi connectivity index (χ1v) is 14.2. The number of rotatable bonds is 7. The summed E-state index contributed by atoms with van der Waals surface area (Å²) in [5.41, 5.74) is 2.84. The Morgan fingerprint density at radius 2 is 2.05 bits per heavy atom. The second kappa shape index (κ2) is 13.3. The number of hydrogen-bond donors (Lipinski definition) is 3. The number of carbonyl (C=O) groups excluding carboxylic acids is 2. The van der Waals surface area contributed by atoms with E-state index in [0.29, 0.717) is 18.4 Å². The van der Waals surface area contributed by atoms with Gasteiger partial charge < -0.3 is 25.4 Å². The van der Waals surface area contributed by atoms with Crippen molar-refractivity contribution in [3.05, 3.63) is 65.0 Å². The molecule has 1 fully saturated rings. The molecule has 2 heterocycles. The topological polar surface area (TPSA) is 90.9 Å². The first kappa shape index (κ1) is 29.6. The standard InChI is InChI=1S/C32H40FN3O4/c1-4-9-27-31(39)35-26(28(37)21-34-32(15-16-32)24-11-8-10-22(5-2)18-24)20-23-13-14-29(25(33)19-23)40-17-7-6-12-30(38)36(27)3/h1,8,10-11,13-14,18-19,26-28,34,37H,5-7,9,12,15-17,20-21H2,2-3H3,(H,35,39). The summed E-state index contributed by atoms with van der Waals surface area (Å²) in [6, 6.07) is 11.5. The second-order valence-corrected chi connectivity index (χ2v) is 10.9. The summed E-state index contributed by atoms with van der Waals surface area (Å²) in [5.74, 6) is 1.49. The largest absolute Gasteiger partial charge is 0.491 e. The lowest BCUT2D eigenvalue weighted by Crippen LogP contribution is -2.55. The number of nitrogens with one attached hydrogen (secondary N) is 2. The summed E-state index contributed by atoms with van der Waals surface area (Å²) in [4.78, 5) is 27.7. The number of aryl methyl sites for hydroxylation is 1. The summed E-state index contributed by atoms with van der Waals surface area (Å²) >= 11 is 0. The molecule has 0 spiro atoms. The quantitative estimate of drug-likeness (QED) is 0.461. The Morgan fingerprint density at radius 1 is 1.25 bits per heavy atom. The van der Waals surface area contributed by atoms with E-state index < -0.39 is 29.9 Å². The first-order valence-electron chi connectivity index (χ1n) is 14.2. The summed E-state index contributed by atoms with van der Waals surface area (Å²) in [7, 11) is 1.57. The minimum atomic E-state index is -0.985. The van der Waals surface area contributed by atoms with Crippen molar-refractivity contribution < 1.29 is 23.8 Å². The van der Waals surface area contributed by atoms with Gasteiger partial charge in [0.15, 0.2) is 11.6 Å². The van der Waals surface area contributed by atoms with Crippen molar-refractivity contribution in [3.63, 3.8) is 0 Å². The van der Waals surface area contributed by atoms with Crippen LogP contribution in [0.25, 0.3) is 0 Å². The molecule has 3 unspecified atom stereocenters. The van der Waals surface area contributed by atoms with Gasteiger partial charge in [0, 0.05) is 32.0 Å². The van der Waals surface area contributed by atoms with E-state index in [4.69, 9.17) is 11.2 Å². The van der Waals surface area contributed by atoms with Gasteiger partial charge >= 0.3 is 0 Å². The summed E-state index contributed by atoms with van der Waals surface area (Å²) < 4.78 is 20.4. The molecular weight excluding hydrogens is 509 g/mol. The molecule has 8 heteroatoms. The number of likely N-dealkylation sites (N-methyl/N-ethyl adjacent to an activating group) is 1. The summed E-state index contributed by atoms with van der Waals surface area (Å²) in [5, 5.41) is 17.8. The van der Waals surface area contributed by atoms with Crippen LogP contribution < -0.4 is 15.4 Å². The van der Waals surface area contributed by atoms with Crippen molar-refractivity contribution in [1.29, 1.82) is 0 Å². The Balaban J connectivity index is 1.56. The molecule has 3 atom stereocenters. The fourth-order valence-corrected chi connectivity index (χ4v) is 5.26. The molecule has 0 saturated heterocycles. The van der Waals surface area contributed by atoms with Crippen LogP contribution >= 0.6 is 0 Å². The highest BCUT2D eigenvalue weighted by atomic mass is 19.1. The number of halogens is 1. The maximum absolute atomic E-state index is 14.8. The number of carbonyl (C=O) groups is 2. The number of nitrogens with zero attached hydrogens (tertiary/aromatic N) is 1. The van der Waals surface area contributed by atoms with Crippen molar-refractivity contribution >= 4 is 11.8 Å². The number of ether oxygens (including phenoxy) is 1. The Kier molecular flexibility index (Phi) is 9.83. The number of aliphatic hydroxyl groups excluding tert-OH is 1. The highest BCUT2D eigenvalue weighted by Crippen LogP contribution is 2.45. The van der Waals surface area contributed by atoms with Crippen LogP contribution in [0.3, 0.4) is 0 Å². The van der Waals surface area contributed by atoms with Crippen molar-refractivity contribution in [1.82, 2.24) is 15.5 Å². The molecule has 2 aromatic rings. The third kappa shape index (κ3) is 7.21. The van der Waals surface area contributed by atoms with Gasteiger partial charge in [-0.25, -0.2) is 4.39 Å². The van der Waals surface area contributed by atoms with Gasteiger partial charge in [0.25, 0.3) is 0 Å². The van der Waals surface area contributed by atoms with Crippen LogP contribution in [0.2, 0.25) is 0 Å². The molecule has 5 rings (SSSR count). The third-order valence-electron chi connectivity index (χ3n) is 8.05. The van der Waals surface area contributed by atoms with Crippen LogP contribution in [0.5, 0.6) is 5.75 Å². The smallest absolute Gasteiger partial charge is 0.244 e. The molecule has 214 valence electrons. The fourth-order valence-electron chi connectivity index (χ4n) is 5.26. The Labute approximate surface area is 236 Å². The third-order valence-corrected chi connectivity index (χ3v) is 8.05. The minimum absolute atomic E-state index is 0.0401. The summed E-state index contributed by atoms with van der Waals surface area (Å²) in [6.45, 7) is 2.62. The molecule has 1 saturated carbocycles. The number of fused-ring (bicyclic) bond motifs is 13. The van der Waals surface area contributed by atoms with Gasteiger partial charge in [-0.15, -0.1) is 12.3 Å². The van der Waals surface area contributed by atoms with Crippen molar-refractivity contribution in [2.45, 2.75) is 82.0 Å². The number of hydrogen-bond acceptors (Lipinski definition) is 5. The van der Waals surface area contributed by atoms with Crippen LogP contribution in [0.15, 0.2) is 42.5 Å². The minimum Gasteiger partial charge on any atom is -0.491 e. The monoisotopic (exact) mass is 549 g/mol. The van der Waals surface area contributed by atoms with Gasteiger partial charge in [0.2, 0.25) is 11.8 Å². The average molecular weight is 550 g/mol. The van der Waals surface area contributed by atoms with Gasteiger partial charge in [-0.2, -0.15) is 0 Å². The molecule has 3 N–H and O–H groups in total. The Hall–Kier alpha value is -3.41. The van der Waals surface area contributed by atoms with Gasteiger partial charge in [-0.1, -0.05) is 37.3 Å². The highest BCUT2D eigenvalue weighted by Gasteiger charge is 2.44. The fraction of sp³-hybridized carbons (Fsp3) is 0.500. The number of aliphatic hydroxyl groups is 1. The van der Waals surface area contributed by atoms with E-state index in [9.17, 15) is 19.1 Å². The van der Waals surface area contributed by atoms with E-state index in [2.05, 4.69) is 47.7 Å². The lowest BCUT2D eigenvalue weighted by molar-refractivity contribution is -0.139. The van der Waals surface area contributed by atoms with Gasteiger partial charge in [-0.05, 0) is 67.3 Å². The lowest BCUT2D eigenvalue weighted by atomic mass is 9.98. The predicted molar refractivity (Wildman–Crippen MR) is 152 cm³/mol. The molecule has 2 aliphatic heterocycles. The molecule has 0 radical (unpaired) electrons. The van der Waals surface area contributed by atoms with Crippen LogP contribution in [0, 0.1) is 18.2 Å². The number of benzene rings is 2. The van der Waals surface area contributed by atoms with E-state index in [1.165, 1.54) is 22.1 Å². The van der Waals surface area contributed by atoms with Crippen LogP contribution in [-0.4, -0.2) is 60.2 Å². The summed E-state index contributed by atoms with van der Waals surface area (Å²) in [6.07, 6.45) is 8.96. The molecule has 1 aliphatic carbocycles. The highest BCUT2D eigenvalue weighted by molar-refractivity contribution is 5.88. The molecule has 40 heavy (non-hydrogen) atoms. The van der Waals surface area contributed by atoms with Gasteiger partial charge in [0.1, 0.15) is 6.04 Å². The molecule has 7 nitrogen and oxygen atoms in total. The molecular formula is C32H40FN3O4. The molecule has 0 aromatic heterocycles. The number of terminal acetylenes is 1. The van der Waals surface area contributed by atoms with Crippen molar-refractivity contribution in [2.75, 3.05) is 20.2 Å². The van der Waals surface area contributed by atoms with Gasteiger partial charge in [0.05, 0.1) is 18.8 Å². The molecule has 2 bridgehead atoms. The normalized spacial score (nSPS) is 22.2.